The van der Waals surface area contributed by atoms with E-state index < -0.39 is 0 Å². The number of amides is 2. The van der Waals surface area contributed by atoms with E-state index >= 15 is 0 Å². The number of carbonyl (C=O) groups excluding carboxylic acids is 2. The molecular weight excluding hydrogens is 538 g/mol. The Morgan fingerprint density at radius 3 is 2.37 bits per heavy atom. The Morgan fingerprint density at radius 2 is 1.66 bits per heavy atom. The molecule has 0 atom stereocenters. The van der Waals surface area contributed by atoms with Crippen molar-refractivity contribution in [1.82, 2.24) is 9.80 Å². The van der Waals surface area contributed by atoms with E-state index in [4.69, 9.17) is 19.2 Å². The number of hydrogen-bond acceptors (Lipinski definition) is 7. The molecule has 3 aromatic rings. The van der Waals surface area contributed by atoms with Crippen LogP contribution in [0.5, 0.6) is 11.5 Å². The lowest BCUT2D eigenvalue weighted by Crippen LogP contribution is -2.43. The second-order valence-corrected chi connectivity index (χ2v) is 10.5. The summed E-state index contributed by atoms with van der Waals surface area (Å²) in [4.78, 5) is 35.0. The summed E-state index contributed by atoms with van der Waals surface area (Å²) in [5, 5.41) is 0.667. The highest BCUT2D eigenvalue weighted by Crippen LogP contribution is 2.36. The van der Waals surface area contributed by atoms with Crippen LogP contribution in [0.4, 0.5) is 0 Å². The maximum absolute atomic E-state index is 13.6. The van der Waals surface area contributed by atoms with Crippen molar-refractivity contribution in [3.63, 3.8) is 0 Å². The Morgan fingerprint density at radius 1 is 0.951 bits per heavy atom. The number of hydrogen-bond donors (Lipinski definition) is 0. The number of benzene rings is 3. The molecule has 8 nitrogen and oxygen atoms in total. The fraction of sp³-hybridized carbons (Fsp3) is 0.281. The Balaban J connectivity index is 1.35. The quantitative estimate of drug-likeness (QED) is 0.319. The molecule has 0 unspecified atom stereocenters. The van der Waals surface area contributed by atoms with E-state index in [1.807, 2.05) is 85.8 Å². The maximum Gasteiger partial charge on any atom is 0.267 e. The topological polar surface area (TPSA) is 80.7 Å². The molecule has 3 aromatic carbocycles. The molecule has 0 saturated carbocycles. The van der Waals surface area contributed by atoms with Gasteiger partial charge in [0.2, 0.25) is 0 Å². The van der Waals surface area contributed by atoms with Gasteiger partial charge >= 0.3 is 0 Å². The van der Waals surface area contributed by atoms with Crippen LogP contribution in [0.2, 0.25) is 0 Å². The van der Waals surface area contributed by atoms with E-state index in [2.05, 4.69) is 0 Å². The van der Waals surface area contributed by atoms with Gasteiger partial charge in [-0.05, 0) is 53.6 Å². The summed E-state index contributed by atoms with van der Waals surface area (Å²) in [7, 11) is 0. The van der Waals surface area contributed by atoms with Crippen molar-refractivity contribution in [1.29, 1.82) is 0 Å². The molecule has 41 heavy (non-hydrogen) atoms. The van der Waals surface area contributed by atoms with Crippen LogP contribution in [0.3, 0.4) is 0 Å². The first kappa shape index (κ1) is 28.4. The molecule has 0 aromatic heterocycles. The van der Waals surface area contributed by atoms with Gasteiger partial charge in [0.1, 0.15) is 0 Å². The largest absolute Gasteiger partial charge is 0.490 e. The van der Waals surface area contributed by atoms with Crippen LogP contribution in [-0.2, 0) is 27.4 Å². The summed E-state index contributed by atoms with van der Waals surface area (Å²) in [5.41, 5.74) is 2.90. The summed E-state index contributed by atoms with van der Waals surface area (Å²) >= 11 is 1.37. The standard InChI is InChI=1S/C32H33N3O5S/c1-2-39-28-19-26(13-14-27(28)40-23-30(36)34-15-17-38-18-16-34)20-29-31(37)35(22-25-11-7-4-8-12-25)32(41-29)33-21-24-9-5-3-6-10-24/h3-14,19-20H,2,15-18,21-23H2,1H3/b29-20+,33-32?. The van der Waals surface area contributed by atoms with Crippen LogP contribution in [-0.4, -0.2) is 66.3 Å². The van der Waals surface area contributed by atoms with Gasteiger partial charge in [-0.25, -0.2) is 0 Å². The molecule has 2 aliphatic rings. The van der Waals surface area contributed by atoms with Crippen molar-refractivity contribution in [2.45, 2.75) is 20.0 Å². The maximum atomic E-state index is 13.6. The lowest BCUT2D eigenvalue weighted by atomic mass is 10.1. The first-order valence-electron chi connectivity index (χ1n) is 13.7. The van der Waals surface area contributed by atoms with Crippen molar-refractivity contribution >= 4 is 34.8 Å². The highest BCUT2D eigenvalue weighted by molar-refractivity contribution is 8.18. The zero-order valence-corrected chi connectivity index (χ0v) is 23.8. The van der Waals surface area contributed by atoms with Gasteiger partial charge < -0.3 is 19.1 Å². The van der Waals surface area contributed by atoms with Crippen molar-refractivity contribution in [2.24, 2.45) is 4.99 Å². The van der Waals surface area contributed by atoms with Crippen LogP contribution >= 0.6 is 11.8 Å². The number of carbonyl (C=O) groups is 2. The van der Waals surface area contributed by atoms with Gasteiger partial charge in [-0.3, -0.25) is 19.5 Å². The Bertz CT molecular complexity index is 1410. The second kappa shape index (κ2) is 14.0. The summed E-state index contributed by atoms with van der Waals surface area (Å²) < 4.78 is 17.0. The molecule has 2 fully saturated rings. The lowest BCUT2D eigenvalue weighted by molar-refractivity contribution is -0.137. The molecule has 5 rings (SSSR count). The normalized spacial score (nSPS) is 17.3. The van der Waals surface area contributed by atoms with E-state index in [0.29, 0.717) is 67.6 Å². The van der Waals surface area contributed by atoms with E-state index in [1.165, 1.54) is 11.8 Å². The number of ether oxygens (including phenoxy) is 3. The third kappa shape index (κ3) is 7.56. The van der Waals surface area contributed by atoms with E-state index in [9.17, 15) is 9.59 Å². The third-order valence-electron chi connectivity index (χ3n) is 6.59. The SMILES string of the molecule is CCOc1cc(/C=C2/SC(=NCc3ccccc3)N(Cc3ccccc3)C2=O)ccc1OCC(=O)N1CCOCC1. The number of nitrogens with zero attached hydrogens (tertiary/aromatic N) is 3. The van der Waals surface area contributed by atoms with Gasteiger partial charge in [-0.15, -0.1) is 0 Å². The predicted molar refractivity (Wildman–Crippen MR) is 161 cm³/mol. The summed E-state index contributed by atoms with van der Waals surface area (Å²) in [6.07, 6.45) is 1.85. The molecule has 0 spiro atoms. The summed E-state index contributed by atoms with van der Waals surface area (Å²) in [5.74, 6) is 0.818. The van der Waals surface area contributed by atoms with Crippen molar-refractivity contribution in [3.05, 3.63) is 100 Å². The molecule has 2 heterocycles. The minimum atomic E-state index is -0.0972. The van der Waals surface area contributed by atoms with Crippen molar-refractivity contribution in [3.8, 4) is 11.5 Å². The average molecular weight is 572 g/mol. The van der Waals surface area contributed by atoms with Crippen LogP contribution in [0, 0.1) is 0 Å². The summed E-state index contributed by atoms with van der Waals surface area (Å²) in [6.45, 7) is 5.38. The molecule has 0 N–H and O–H groups in total. The first-order chi connectivity index (χ1) is 20.1. The van der Waals surface area contributed by atoms with Crippen molar-refractivity contribution < 1.29 is 23.8 Å². The number of morpholine rings is 1. The van der Waals surface area contributed by atoms with Gasteiger partial charge in [0.25, 0.3) is 11.8 Å². The lowest BCUT2D eigenvalue weighted by Gasteiger charge is -2.26. The fourth-order valence-electron chi connectivity index (χ4n) is 4.47. The highest BCUT2D eigenvalue weighted by atomic mass is 32.2. The molecule has 2 aliphatic heterocycles. The Labute approximate surface area is 244 Å². The van der Waals surface area contributed by atoms with Gasteiger partial charge in [-0.1, -0.05) is 66.7 Å². The Kier molecular flexibility index (Phi) is 9.72. The van der Waals surface area contributed by atoms with E-state index in [0.717, 1.165) is 16.7 Å². The molecule has 9 heteroatoms. The zero-order chi connectivity index (χ0) is 28.4. The molecule has 0 bridgehead atoms. The number of rotatable bonds is 10. The molecule has 2 amide bonds. The zero-order valence-electron chi connectivity index (χ0n) is 23.0. The monoisotopic (exact) mass is 571 g/mol. The Hall–Kier alpha value is -4.08. The highest BCUT2D eigenvalue weighted by Gasteiger charge is 2.33. The molecule has 0 aliphatic carbocycles. The summed E-state index contributed by atoms with van der Waals surface area (Å²) in [6, 6.07) is 25.4. The number of amidine groups is 1. The molecular formula is C32H33N3O5S. The van der Waals surface area contributed by atoms with Crippen molar-refractivity contribution in [2.75, 3.05) is 39.5 Å². The fourth-order valence-corrected chi connectivity index (χ4v) is 5.45. The molecule has 212 valence electrons. The van der Waals surface area contributed by atoms with E-state index in [-0.39, 0.29) is 18.4 Å². The first-order valence-corrected chi connectivity index (χ1v) is 14.5. The van der Waals surface area contributed by atoms with Crippen LogP contribution < -0.4 is 9.47 Å². The average Bonchev–Trinajstić information content (AvgIpc) is 3.30. The minimum absolute atomic E-state index is 0.0788. The van der Waals surface area contributed by atoms with Gasteiger partial charge in [0, 0.05) is 13.1 Å². The molecule has 2 saturated heterocycles. The van der Waals surface area contributed by atoms with Gasteiger partial charge in [0.05, 0.1) is 37.8 Å². The van der Waals surface area contributed by atoms with Gasteiger partial charge in [-0.2, -0.15) is 0 Å². The van der Waals surface area contributed by atoms with Crippen LogP contribution in [0.1, 0.15) is 23.6 Å². The second-order valence-electron chi connectivity index (χ2n) is 9.49. The minimum Gasteiger partial charge on any atom is -0.490 e. The number of thioether (sulfide) groups is 1. The van der Waals surface area contributed by atoms with Gasteiger partial charge in [0.15, 0.2) is 23.3 Å². The number of aliphatic imine (C=N–C) groups is 1. The smallest absolute Gasteiger partial charge is 0.267 e. The van der Waals surface area contributed by atoms with Crippen LogP contribution in [0.15, 0.2) is 88.8 Å². The predicted octanol–water partition coefficient (Wildman–Crippen LogP) is 5.00. The van der Waals surface area contributed by atoms with E-state index in [1.54, 1.807) is 15.9 Å². The van der Waals surface area contributed by atoms with Crippen LogP contribution in [0.25, 0.3) is 6.08 Å². The third-order valence-corrected chi connectivity index (χ3v) is 7.64. The molecule has 0 radical (unpaired) electrons.